The van der Waals surface area contributed by atoms with Crippen molar-refractivity contribution in [1.29, 1.82) is 0 Å². The molecule has 0 radical (unpaired) electrons. The minimum Gasteiger partial charge on any atom is -0.481 e. The highest BCUT2D eigenvalue weighted by molar-refractivity contribution is 7.13. The molecule has 1 saturated heterocycles. The maximum absolute atomic E-state index is 13.4. The molecule has 0 spiro atoms. The number of hydrogen-bond donors (Lipinski definition) is 1. The van der Waals surface area contributed by atoms with Crippen molar-refractivity contribution < 1.29 is 14.7 Å². The summed E-state index contributed by atoms with van der Waals surface area (Å²) in [6, 6.07) is 5.49. The number of likely N-dealkylation sites (tertiary alicyclic amines) is 1. The molecule has 4 rings (SSSR count). The molecule has 3 aromatic rings. The molecule has 1 N–H and O–H groups in total. The van der Waals surface area contributed by atoms with Crippen molar-refractivity contribution in [2.45, 2.75) is 39.3 Å². The molecular formula is C20H22N4O3S. The Kier molecular flexibility index (Phi) is 4.66. The van der Waals surface area contributed by atoms with Gasteiger partial charge >= 0.3 is 5.97 Å². The van der Waals surface area contributed by atoms with Gasteiger partial charge in [-0.15, -0.1) is 11.3 Å². The topological polar surface area (TPSA) is 88.3 Å². The van der Waals surface area contributed by atoms with Gasteiger partial charge in [-0.1, -0.05) is 6.07 Å². The van der Waals surface area contributed by atoms with Gasteiger partial charge in [0.2, 0.25) is 0 Å². The van der Waals surface area contributed by atoms with Gasteiger partial charge in [-0.3, -0.25) is 9.59 Å². The van der Waals surface area contributed by atoms with E-state index in [9.17, 15) is 14.7 Å². The Bertz CT molecular complexity index is 1040. The zero-order valence-electron chi connectivity index (χ0n) is 16.0. The summed E-state index contributed by atoms with van der Waals surface area (Å²) in [5.41, 5.74) is 1.93. The van der Waals surface area contributed by atoms with Crippen LogP contribution in [0.5, 0.6) is 0 Å². The number of fused-ring (bicyclic) bond motifs is 1. The summed E-state index contributed by atoms with van der Waals surface area (Å²) in [5, 5.41) is 16.5. The van der Waals surface area contributed by atoms with Crippen molar-refractivity contribution >= 4 is 34.2 Å². The Morgan fingerprint density at radius 2 is 2.14 bits per heavy atom. The van der Waals surface area contributed by atoms with Crippen LogP contribution >= 0.6 is 11.3 Å². The van der Waals surface area contributed by atoms with E-state index >= 15 is 0 Å². The van der Waals surface area contributed by atoms with Crippen LogP contribution in [0.2, 0.25) is 0 Å². The van der Waals surface area contributed by atoms with E-state index in [4.69, 9.17) is 4.98 Å². The number of pyridine rings is 1. The molecule has 1 aliphatic heterocycles. The van der Waals surface area contributed by atoms with Gasteiger partial charge in [0, 0.05) is 18.6 Å². The first kappa shape index (κ1) is 18.6. The Balaban J connectivity index is 1.84. The highest BCUT2D eigenvalue weighted by Crippen LogP contribution is 2.32. The maximum Gasteiger partial charge on any atom is 0.308 e. The van der Waals surface area contributed by atoms with E-state index in [0.717, 1.165) is 10.6 Å². The van der Waals surface area contributed by atoms with Crippen LogP contribution in [0.1, 0.15) is 43.6 Å². The molecule has 3 aromatic heterocycles. The van der Waals surface area contributed by atoms with Gasteiger partial charge in [0.25, 0.3) is 5.91 Å². The first-order chi connectivity index (χ1) is 13.4. The number of rotatable bonds is 4. The molecule has 0 aromatic carbocycles. The predicted octanol–water partition coefficient (Wildman–Crippen LogP) is 3.68. The second-order valence-electron chi connectivity index (χ2n) is 7.43. The Morgan fingerprint density at radius 3 is 2.75 bits per heavy atom. The summed E-state index contributed by atoms with van der Waals surface area (Å²) < 4.78 is 1.82. The zero-order valence-corrected chi connectivity index (χ0v) is 16.8. The second-order valence-corrected chi connectivity index (χ2v) is 8.37. The number of amides is 1. The Hall–Kier alpha value is -2.74. The van der Waals surface area contributed by atoms with Crippen LogP contribution in [0.15, 0.2) is 29.8 Å². The fraction of sp³-hybridized carbons (Fsp3) is 0.400. The number of hydrogen-bond acceptors (Lipinski definition) is 5. The molecule has 4 heterocycles. The normalized spacial score (nSPS) is 19.6. The number of aromatic nitrogens is 3. The van der Waals surface area contributed by atoms with Crippen LogP contribution < -0.4 is 0 Å². The number of thiophene rings is 1. The smallest absolute Gasteiger partial charge is 0.308 e. The number of aliphatic carboxylic acids is 1. The highest BCUT2D eigenvalue weighted by atomic mass is 32.1. The van der Waals surface area contributed by atoms with E-state index in [0.29, 0.717) is 29.6 Å². The molecule has 1 aliphatic rings. The molecule has 2 unspecified atom stereocenters. The molecule has 2 atom stereocenters. The van der Waals surface area contributed by atoms with Crippen LogP contribution in [0.25, 0.3) is 21.6 Å². The molecule has 0 saturated carbocycles. The average molecular weight is 398 g/mol. The molecule has 1 fully saturated rings. The van der Waals surface area contributed by atoms with E-state index in [-0.39, 0.29) is 18.0 Å². The zero-order chi connectivity index (χ0) is 20.0. The predicted molar refractivity (Wildman–Crippen MR) is 107 cm³/mol. The molecule has 28 heavy (non-hydrogen) atoms. The monoisotopic (exact) mass is 398 g/mol. The summed E-state index contributed by atoms with van der Waals surface area (Å²) in [6.07, 6.45) is 2.16. The second kappa shape index (κ2) is 7.01. The van der Waals surface area contributed by atoms with Gasteiger partial charge in [0.15, 0.2) is 5.65 Å². The fourth-order valence-corrected chi connectivity index (χ4v) is 4.52. The quantitative estimate of drug-likeness (QED) is 0.724. The summed E-state index contributed by atoms with van der Waals surface area (Å²) >= 11 is 1.56. The lowest BCUT2D eigenvalue weighted by atomic mass is 10.0. The molecule has 0 aliphatic carbocycles. The molecule has 7 nitrogen and oxygen atoms in total. The lowest BCUT2D eigenvalue weighted by Gasteiger charge is -2.24. The molecule has 146 valence electrons. The van der Waals surface area contributed by atoms with E-state index in [1.807, 2.05) is 42.1 Å². The van der Waals surface area contributed by atoms with Gasteiger partial charge < -0.3 is 10.0 Å². The summed E-state index contributed by atoms with van der Waals surface area (Å²) in [5.74, 6) is -1.55. The van der Waals surface area contributed by atoms with E-state index in [1.165, 1.54) is 0 Å². The summed E-state index contributed by atoms with van der Waals surface area (Å²) in [6.45, 7) is 6.29. The summed E-state index contributed by atoms with van der Waals surface area (Å²) in [4.78, 5) is 32.3. The maximum atomic E-state index is 13.4. The molecular weight excluding hydrogens is 376 g/mol. The van der Waals surface area contributed by atoms with Gasteiger partial charge in [-0.05, 0) is 44.7 Å². The Morgan fingerprint density at radius 1 is 1.36 bits per heavy atom. The van der Waals surface area contributed by atoms with Crippen LogP contribution in [0, 0.1) is 5.92 Å². The Labute approximate surface area is 166 Å². The van der Waals surface area contributed by atoms with Crippen LogP contribution in [-0.4, -0.2) is 49.2 Å². The van der Waals surface area contributed by atoms with Crippen molar-refractivity contribution in [3.05, 3.63) is 35.3 Å². The molecule has 0 bridgehead atoms. The standard InChI is InChI=1S/C20H22N4O3S/c1-11(2)24-18-15(10-21-24)14(9-16(22-18)17-5-4-8-28-17)19(25)23-7-6-13(12(23)3)20(26)27/h4-5,8-13H,6-7H2,1-3H3,(H,26,27). The van der Waals surface area contributed by atoms with E-state index in [1.54, 1.807) is 29.4 Å². The van der Waals surface area contributed by atoms with Crippen molar-refractivity contribution in [2.75, 3.05) is 6.54 Å². The highest BCUT2D eigenvalue weighted by Gasteiger charge is 2.39. The van der Waals surface area contributed by atoms with Crippen molar-refractivity contribution in [1.82, 2.24) is 19.7 Å². The fourth-order valence-electron chi connectivity index (χ4n) is 3.83. The van der Waals surface area contributed by atoms with Gasteiger partial charge in [-0.2, -0.15) is 5.10 Å². The minimum absolute atomic E-state index is 0.105. The van der Waals surface area contributed by atoms with Gasteiger partial charge in [0.1, 0.15) is 0 Å². The van der Waals surface area contributed by atoms with E-state index in [2.05, 4.69) is 5.10 Å². The van der Waals surface area contributed by atoms with Crippen molar-refractivity contribution in [3.63, 3.8) is 0 Å². The number of carbonyl (C=O) groups is 2. The van der Waals surface area contributed by atoms with Gasteiger partial charge in [0.05, 0.1) is 33.6 Å². The van der Waals surface area contributed by atoms with Crippen molar-refractivity contribution in [3.8, 4) is 10.6 Å². The largest absolute Gasteiger partial charge is 0.481 e. The number of nitrogens with zero attached hydrogens (tertiary/aromatic N) is 4. The van der Waals surface area contributed by atoms with Crippen molar-refractivity contribution in [2.24, 2.45) is 5.92 Å². The molecule has 8 heteroatoms. The lowest BCUT2D eigenvalue weighted by Crippen LogP contribution is -2.37. The third-order valence-electron chi connectivity index (χ3n) is 5.39. The average Bonchev–Trinajstić information content (AvgIpc) is 3.39. The van der Waals surface area contributed by atoms with E-state index < -0.39 is 11.9 Å². The third kappa shape index (κ3) is 2.97. The number of carboxylic acid groups (broad SMARTS) is 1. The lowest BCUT2D eigenvalue weighted by molar-refractivity contribution is -0.142. The first-order valence-corrected chi connectivity index (χ1v) is 10.2. The first-order valence-electron chi connectivity index (χ1n) is 9.34. The third-order valence-corrected chi connectivity index (χ3v) is 6.29. The SMILES string of the molecule is CC1C(C(=O)O)CCN1C(=O)c1cc(-c2cccs2)nc2c1cnn2C(C)C. The van der Waals surface area contributed by atoms with Gasteiger partial charge in [-0.25, -0.2) is 9.67 Å². The van der Waals surface area contributed by atoms with Crippen LogP contribution in [0.4, 0.5) is 0 Å². The number of carboxylic acids is 1. The van der Waals surface area contributed by atoms with Crippen LogP contribution in [-0.2, 0) is 4.79 Å². The number of carbonyl (C=O) groups excluding carboxylic acids is 1. The summed E-state index contributed by atoms with van der Waals surface area (Å²) in [7, 11) is 0. The molecule has 1 amide bonds. The van der Waals surface area contributed by atoms with Crippen LogP contribution in [0.3, 0.4) is 0 Å². The minimum atomic E-state index is -0.852.